The van der Waals surface area contributed by atoms with Crippen LogP contribution < -0.4 is 0 Å². The fraction of sp³-hybridized carbons (Fsp3) is 0.789. The van der Waals surface area contributed by atoms with Crippen molar-refractivity contribution in [2.45, 2.75) is 136 Å². The van der Waals surface area contributed by atoms with E-state index in [4.69, 9.17) is 23.7 Å². The van der Waals surface area contributed by atoms with Gasteiger partial charge in [0.05, 0.1) is 6.10 Å². The van der Waals surface area contributed by atoms with E-state index in [0.717, 1.165) is 49.5 Å². The Morgan fingerprint density at radius 1 is 0.978 bits per heavy atom. The maximum absolute atomic E-state index is 11.6. The van der Waals surface area contributed by atoms with Crippen LogP contribution >= 0.6 is 0 Å². The first-order valence-corrected chi connectivity index (χ1v) is 17.7. The molecule has 1 aliphatic heterocycles. The molecule has 7 heteroatoms. The molecule has 10 atom stereocenters. The lowest BCUT2D eigenvalue weighted by Gasteiger charge is -2.58. The Bertz CT molecular complexity index is 1140. The summed E-state index contributed by atoms with van der Waals surface area (Å²) >= 11 is 0. The molecular weight excluding hydrogens is 568 g/mol. The van der Waals surface area contributed by atoms with Crippen LogP contribution in [0, 0.1) is 34.5 Å². The number of unbranched alkanes of at least 4 members (excludes halogenated alkanes) is 3. The number of ether oxygens (including phenoxy) is 5. The van der Waals surface area contributed by atoms with Crippen LogP contribution in [-0.4, -0.2) is 56.9 Å². The average molecular weight is 627 g/mol. The van der Waals surface area contributed by atoms with E-state index in [-0.39, 0.29) is 18.1 Å². The van der Waals surface area contributed by atoms with E-state index < -0.39 is 30.4 Å². The van der Waals surface area contributed by atoms with E-state index in [1.807, 2.05) is 6.08 Å². The number of carbonyl (C=O) groups is 2. The molecule has 3 fully saturated rings. The third-order valence-electron chi connectivity index (χ3n) is 12.3. The van der Waals surface area contributed by atoms with Gasteiger partial charge in [-0.15, -0.1) is 0 Å². The Morgan fingerprint density at radius 2 is 1.80 bits per heavy atom. The third kappa shape index (κ3) is 7.62. The van der Waals surface area contributed by atoms with Crippen molar-refractivity contribution in [2.75, 3.05) is 20.3 Å². The molecule has 4 aliphatic carbocycles. The second-order valence-corrected chi connectivity index (χ2v) is 15.0. The molecule has 5 aliphatic rings. The summed E-state index contributed by atoms with van der Waals surface area (Å²) in [6.45, 7) is 11.2. The molecule has 0 N–H and O–H groups in total. The summed E-state index contributed by atoms with van der Waals surface area (Å²) in [7, 11) is 1.79. The lowest BCUT2D eigenvalue weighted by molar-refractivity contribution is -0.213. The van der Waals surface area contributed by atoms with Crippen LogP contribution in [0.3, 0.4) is 0 Å². The van der Waals surface area contributed by atoms with Crippen LogP contribution in [0.2, 0.25) is 0 Å². The van der Waals surface area contributed by atoms with Gasteiger partial charge in [0.1, 0.15) is 18.8 Å². The van der Waals surface area contributed by atoms with Gasteiger partial charge in [-0.2, -0.15) is 0 Å². The lowest BCUT2D eigenvalue weighted by atomic mass is 9.47. The van der Waals surface area contributed by atoms with E-state index in [2.05, 4.69) is 32.9 Å². The molecule has 0 bridgehead atoms. The summed E-state index contributed by atoms with van der Waals surface area (Å²) in [6.07, 6.45) is 21.7. The molecule has 45 heavy (non-hydrogen) atoms. The van der Waals surface area contributed by atoms with Gasteiger partial charge in [0, 0.05) is 27.6 Å². The standard InChI is InChI=1S/C38H58O7/c1-25(11-9-7-8-10-22-41-6)31-14-15-32-30-13-12-28-23-29(18-20-37(28,4)33(30)19-21-38(31,32)5)44-36-17-16-34(43-27(3)40)35(45-36)24-42-26(2)39/h11-12,16-17,29-36H,7-10,13-15,18-24H2,1-6H3/b25-11+/t29-,30-,31+,32-,33-,34-,35+,36?,37-,38+/m0/s1. The van der Waals surface area contributed by atoms with Crippen molar-refractivity contribution in [2.24, 2.45) is 34.5 Å². The molecule has 0 aromatic heterocycles. The number of fused-ring (bicyclic) bond motifs is 5. The quantitative estimate of drug-likeness (QED) is 0.124. The number of hydrogen-bond acceptors (Lipinski definition) is 7. The zero-order chi connectivity index (χ0) is 32.2. The fourth-order valence-electron chi connectivity index (χ4n) is 10.1. The first-order chi connectivity index (χ1) is 21.5. The highest BCUT2D eigenvalue weighted by atomic mass is 16.7. The highest BCUT2D eigenvalue weighted by molar-refractivity contribution is 5.66. The maximum atomic E-state index is 11.6. The molecule has 1 unspecified atom stereocenters. The highest BCUT2D eigenvalue weighted by Crippen LogP contribution is 2.67. The minimum atomic E-state index is -0.605. The van der Waals surface area contributed by atoms with Crippen LogP contribution in [0.1, 0.15) is 112 Å². The van der Waals surface area contributed by atoms with Gasteiger partial charge < -0.3 is 23.7 Å². The Morgan fingerprint density at radius 3 is 2.56 bits per heavy atom. The molecule has 0 amide bonds. The van der Waals surface area contributed by atoms with Gasteiger partial charge in [0.2, 0.25) is 0 Å². The normalized spacial score (nSPS) is 39.3. The first kappa shape index (κ1) is 34.4. The van der Waals surface area contributed by atoms with E-state index in [1.165, 1.54) is 71.6 Å². The molecule has 5 rings (SSSR count). The van der Waals surface area contributed by atoms with Crippen LogP contribution in [0.5, 0.6) is 0 Å². The van der Waals surface area contributed by atoms with E-state index in [9.17, 15) is 9.59 Å². The van der Waals surface area contributed by atoms with Crippen molar-refractivity contribution in [3.8, 4) is 0 Å². The summed E-state index contributed by atoms with van der Waals surface area (Å²) in [4.78, 5) is 23.0. The monoisotopic (exact) mass is 626 g/mol. The van der Waals surface area contributed by atoms with Gasteiger partial charge >= 0.3 is 11.9 Å². The van der Waals surface area contributed by atoms with Gasteiger partial charge in [-0.1, -0.05) is 43.6 Å². The van der Waals surface area contributed by atoms with Crippen LogP contribution in [0.25, 0.3) is 0 Å². The number of esters is 2. The number of allylic oxidation sites excluding steroid dienone is 3. The molecule has 0 radical (unpaired) electrons. The number of hydrogen-bond donors (Lipinski definition) is 0. The van der Waals surface area contributed by atoms with Crippen molar-refractivity contribution in [1.29, 1.82) is 0 Å². The van der Waals surface area contributed by atoms with E-state index in [1.54, 1.807) is 24.3 Å². The van der Waals surface area contributed by atoms with Crippen LogP contribution in [0.15, 0.2) is 35.5 Å². The summed E-state index contributed by atoms with van der Waals surface area (Å²) < 4.78 is 28.4. The maximum Gasteiger partial charge on any atom is 0.303 e. The molecule has 0 saturated heterocycles. The van der Waals surface area contributed by atoms with Gasteiger partial charge in [0.25, 0.3) is 0 Å². The lowest BCUT2D eigenvalue weighted by Crippen LogP contribution is -2.51. The second-order valence-electron chi connectivity index (χ2n) is 15.0. The fourth-order valence-corrected chi connectivity index (χ4v) is 10.1. The first-order valence-electron chi connectivity index (χ1n) is 17.7. The molecule has 252 valence electrons. The Hall–Kier alpha value is -1.96. The van der Waals surface area contributed by atoms with Crippen molar-refractivity contribution in [1.82, 2.24) is 0 Å². The SMILES string of the molecule is COCCCCC/C=C(\C)[C@H]1CC[C@H]2[C@@H]3CC=C4C[C@@H](OC5C=C[C@H](OC(C)=O)[C@@H](COC(C)=O)O5)CC[C@]4(C)[C@H]3CC[C@]12C. The zero-order valence-corrected chi connectivity index (χ0v) is 28.7. The average Bonchev–Trinajstić information content (AvgIpc) is 3.36. The third-order valence-corrected chi connectivity index (χ3v) is 12.3. The summed E-state index contributed by atoms with van der Waals surface area (Å²) in [6, 6.07) is 0. The molecule has 1 heterocycles. The van der Waals surface area contributed by atoms with Crippen molar-refractivity contribution in [3.05, 3.63) is 35.5 Å². The van der Waals surface area contributed by atoms with Crippen LogP contribution in [-0.2, 0) is 33.3 Å². The van der Waals surface area contributed by atoms with E-state index >= 15 is 0 Å². The van der Waals surface area contributed by atoms with Crippen molar-refractivity contribution >= 4 is 11.9 Å². The second kappa shape index (κ2) is 14.9. The molecule has 0 aromatic rings. The summed E-state index contributed by atoms with van der Waals surface area (Å²) in [5, 5.41) is 0. The smallest absolute Gasteiger partial charge is 0.303 e. The number of rotatable bonds is 12. The minimum Gasteiger partial charge on any atom is -0.463 e. The molecule has 0 spiro atoms. The van der Waals surface area contributed by atoms with Gasteiger partial charge in [0.15, 0.2) is 6.29 Å². The molecule has 7 nitrogen and oxygen atoms in total. The predicted octanol–water partition coefficient (Wildman–Crippen LogP) is 7.88. The minimum absolute atomic E-state index is 0.0135. The largest absolute Gasteiger partial charge is 0.463 e. The number of methoxy groups -OCH3 is 1. The van der Waals surface area contributed by atoms with Gasteiger partial charge in [-0.05, 0) is 124 Å². The highest BCUT2D eigenvalue weighted by Gasteiger charge is 2.58. The zero-order valence-electron chi connectivity index (χ0n) is 28.7. The Kier molecular flexibility index (Phi) is 11.3. The van der Waals surface area contributed by atoms with Crippen LogP contribution in [0.4, 0.5) is 0 Å². The molecule has 0 aromatic carbocycles. The van der Waals surface area contributed by atoms with Gasteiger partial charge in [-0.3, -0.25) is 9.59 Å². The molecular formula is C38H58O7. The predicted molar refractivity (Wildman–Crippen MR) is 174 cm³/mol. The number of carbonyl (C=O) groups excluding carboxylic acids is 2. The topological polar surface area (TPSA) is 80.3 Å². The molecule has 3 saturated carbocycles. The van der Waals surface area contributed by atoms with Crippen molar-refractivity contribution in [3.63, 3.8) is 0 Å². The van der Waals surface area contributed by atoms with Gasteiger partial charge in [-0.25, -0.2) is 0 Å². The summed E-state index contributed by atoms with van der Waals surface area (Å²) in [5.41, 5.74) is 3.90. The Labute approximate surface area is 271 Å². The van der Waals surface area contributed by atoms with Crippen molar-refractivity contribution < 1.29 is 33.3 Å². The Balaban J connectivity index is 1.20. The summed E-state index contributed by atoms with van der Waals surface area (Å²) in [5.74, 6) is 2.29. The van der Waals surface area contributed by atoms with E-state index in [0.29, 0.717) is 5.41 Å².